The summed E-state index contributed by atoms with van der Waals surface area (Å²) in [6, 6.07) is 2.07. The lowest BCUT2D eigenvalue weighted by Gasteiger charge is -1.96. The number of rotatable bonds is 3. The minimum Gasteiger partial charge on any atom is -0.540 e. The molecule has 1 atom stereocenters. The van der Waals surface area contributed by atoms with E-state index in [9.17, 15) is 9.90 Å². The third-order valence-electron chi connectivity index (χ3n) is 1.86. The maximum atomic E-state index is 11.0. The lowest BCUT2D eigenvalue weighted by Crippen LogP contribution is -2.22. The number of nitriles is 1. The molecule has 0 spiro atoms. The van der Waals surface area contributed by atoms with Crippen molar-refractivity contribution in [3.8, 4) is 6.07 Å². The van der Waals surface area contributed by atoms with E-state index in [4.69, 9.17) is 5.26 Å². The molecule has 1 heterocycles. The standard InChI is InChI=1S/C9H8INO2S2/c1-3-15-7(8(12)13)6(10)5(4-11)9(15)14-2/h3H2,1-2H3. The molecule has 0 N–H and O–H groups in total. The number of hydrogen-bond donors (Lipinski definition) is 0. The molecule has 0 aliphatic heterocycles. The van der Waals surface area contributed by atoms with Gasteiger partial charge in [0.25, 0.3) is 0 Å². The molecule has 0 aromatic carbocycles. The fraction of sp³-hybridized carbons (Fsp3) is 0.333. The second-order valence-corrected chi connectivity index (χ2v) is 6.92. The molecule has 1 rings (SSSR count). The Morgan fingerprint density at radius 3 is 2.67 bits per heavy atom. The highest BCUT2D eigenvalue weighted by Crippen LogP contribution is 2.44. The molecule has 15 heavy (non-hydrogen) atoms. The lowest BCUT2D eigenvalue weighted by atomic mass is 10.3. The Bertz CT molecular complexity index is 448. The second kappa shape index (κ2) is 5.18. The van der Waals surface area contributed by atoms with Crippen molar-refractivity contribution in [2.24, 2.45) is 0 Å². The fourth-order valence-corrected chi connectivity index (χ4v) is 6.47. The van der Waals surface area contributed by atoms with Gasteiger partial charge in [-0.05, 0) is 35.8 Å². The number of thiophene rings is 1. The van der Waals surface area contributed by atoms with Crippen molar-refractivity contribution >= 4 is 50.8 Å². The Balaban J connectivity index is 3.60. The van der Waals surface area contributed by atoms with Crippen LogP contribution in [0, 0.1) is 14.9 Å². The van der Waals surface area contributed by atoms with Crippen LogP contribution in [0.15, 0.2) is 4.21 Å². The number of halogens is 1. The zero-order chi connectivity index (χ0) is 11.6. The van der Waals surface area contributed by atoms with Crippen molar-refractivity contribution < 1.29 is 9.90 Å². The molecule has 0 aliphatic rings. The smallest absolute Gasteiger partial charge is 0.226 e. The van der Waals surface area contributed by atoms with Gasteiger partial charge in [-0.3, -0.25) is 0 Å². The maximum absolute atomic E-state index is 11.0. The minimum atomic E-state index is -1.15. The summed E-state index contributed by atoms with van der Waals surface area (Å²) < 4.78 is 1.42. The Morgan fingerprint density at radius 1 is 1.73 bits per heavy atom. The van der Waals surface area contributed by atoms with Gasteiger partial charge in [-0.2, -0.15) is 5.26 Å². The van der Waals surface area contributed by atoms with E-state index in [1.807, 2.05) is 35.8 Å². The highest BCUT2D eigenvalue weighted by atomic mass is 127. The molecule has 0 radical (unpaired) electrons. The van der Waals surface area contributed by atoms with Gasteiger partial charge < -0.3 is 9.90 Å². The molecule has 0 amide bonds. The summed E-state index contributed by atoms with van der Waals surface area (Å²) in [6.45, 7) is 1.92. The lowest BCUT2D eigenvalue weighted by molar-refractivity contribution is -0.254. The summed E-state index contributed by atoms with van der Waals surface area (Å²) >= 11 is 3.38. The summed E-state index contributed by atoms with van der Waals surface area (Å²) in [5, 5.41) is 20.0. The summed E-state index contributed by atoms with van der Waals surface area (Å²) in [5.41, 5.74) is 0.507. The molecule has 0 fully saturated rings. The van der Waals surface area contributed by atoms with Gasteiger partial charge in [0.15, 0.2) is 0 Å². The van der Waals surface area contributed by atoms with E-state index in [-0.39, 0.29) is 0 Å². The van der Waals surface area contributed by atoms with Crippen LogP contribution < -0.4 is 5.11 Å². The third-order valence-corrected chi connectivity index (χ3v) is 7.08. The van der Waals surface area contributed by atoms with Crippen LogP contribution in [0.4, 0.5) is 0 Å². The number of carbonyl (C=O) groups excluding carboxylic acids is 1. The highest BCUT2D eigenvalue weighted by molar-refractivity contribution is 14.1. The van der Waals surface area contributed by atoms with Gasteiger partial charge in [0, 0.05) is 10.5 Å². The highest BCUT2D eigenvalue weighted by Gasteiger charge is 2.30. The number of carboxylic acid groups (broad SMARTS) is 1. The molecular weight excluding hydrogens is 345 g/mol. The monoisotopic (exact) mass is 353 g/mol. The van der Waals surface area contributed by atoms with Crippen LogP contribution in [0.2, 0.25) is 0 Å². The number of carboxylic acids is 1. The van der Waals surface area contributed by atoms with Crippen molar-refractivity contribution in [2.45, 2.75) is 16.9 Å². The predicted molar refractivity (Wildman–Crippen MR) is 68.1 cm³/mol. The Kier molecular flexibility index (Phi) is 4.43. The van der Waals surface area contributed by atoms with Crippen LogP contribution in [-0.2, 0) is 5.75 Å². The summed E-state index contributed by atoms with van der Waals surface area (Å²) in [6.07, 6.45) is 1.87. The first kappa shape index (κ1) is 12.8. The molecule has 0 aliphatic carbocycles. The predicted octanol–water partition coefficient (Wildman–Crippen LogP) is 2.02. The van der Waals surface area contributed by atoms with Gasteiger partial charge in [-0.15, -0.1) is 0 Å². The van der Waals surface area contributed by atoms with E-state index in [2.05, 4.69) is 6.07 Å². The van der Waals surface area contributed by atoms with E-state index in [0.717, 1.165) is 4.21 Å². The molecule has 6 heteroatoms. The van der Waals surface area contributed by atoms with Crippen molar-refractivity contribution in [1.29, 1.82) is 5.26 Å². The van der Waals surface area contributed by atoms with Crippen molar-refractivity contribution in [3.63, 3.8) is 0 Å². The summed E-state index contributed by atoms with van der Waals surface area (Å²) in [4.78, 5) is 11.3. The molecule has 3 nitrogen and oxygen atoms in total. The molecule has 0 saturated heterocycles. The first-order chi connectivity index (χ1) is 7.08. The van der Waals surface area contributed by atoms with E-state index in [0.29, 0.717) is 19.8 Å². The van der Waals surface area contributed by atoms with Crippen molar-refractivity contribution in [1.82, 2.24) is 0 Å². The molecule has 0 bridgehead atoms. The van der Waals surface area contributed by atoms with E-state index < -0.39 is 16.4 Å². The van der Waals surface area contributed by atoms with Crippen molar-refractivity contribution in [3.05, 3.63) is 14.0 Å². The van der Waals surface area contributed by atoms with Crippen LogP contribution in [0.3, 0.4) is 0 Å². The molecule has 80 valence electrons. The zero-order valence-electron chi connectivity index (χ0n) is 8.17. The zero-order valence-corrected chi connectivity index (χ0v) is 12.0. The number of thioether (sulfide) groups is 1. The quantitative estimate of drug-likeness (QED) is 0.474. The van der Waals surface area contributed by atoms with Gasteiger partial charge >= 0.3 is 0 Å². The molecule has 0 saturated carbocycles. The molecular formula is C9H8INO2S2. The first-order valence-electron chi connectivity index (χ1n) is 4.09. The number of carbonyl (C=O) groups is 1. The van der Waals surface area contributed by atoms with Crippen LogP contribution in [0.1, 0.15) is 22.2 Å². The molecule has 1 unspecified atom stereocenters. The van der Waals surface area contributed by atoms with E-state index in [1.165, 1.54) is 11.8 Å². The van der Waals surface area contributed by atoms with Crippen LogP contribution in [-0.4, -0.2) is 12.2 Å². The van der Waals surface area contributed by atoms with Crippen molar-refractivity contribution in [2.75, 3.05) is 6.26 Å². The minimum absolute atomic E-state index is 0.291. The second-order valence-electron chi connectivity index (χ2n) is 2.59. The van der Waals surface area contributed by atoms with Gasteiger partial charge in [0.2, 0.25) is 9.09 Å². The summed E-state index contributed by atoms with van der Waals surface area (Å²) in [7, 11) is -0.470. The van der Waals surface area contributed by atoms with Crippen LogP contribution in [0.5, 0.6) is 0 Å². The van der Waals surface area contributed by atoms with E-state index >= 15 is 0 Å². The van der Waals surface area contributed by atoms with Gasteiger partial charge in [0.05, 0.1) is 3.57 Å². The Hall–Kier alpha value is -0.260. The average Bonchev–Trinajstić information content (AvgIpc) is 2.49. The number of hydrogen-bond acceptors (Lipinski definition) is 4. The number of aromatic carboxylic acids is 1. The normalized spacial score (nSPS) is 11.2. The van der Waals surface area contributed by atoms with Crippen LogP contribution in [0.25, 0.3) is 0 Å². The average molecular weight is 353 g/mol. The number of nitrogens with zero attached hydrogens (tertiary/aromatic N) is 1. The third kappa shape index (κ3) is 2.14. The Morgan fingerprint density at radius 2 is 2.33 bits per heavy atom. The maximum Gasteiger partial charge on any atom is 0.226 e. The SMILES string of the molecule is CC[s+]1c(SC)c(C#N)c(I)c1C(=O)[O-]. The van der Waals surface area contributed by atoms with Gasteiger partial charge in [-0.25, -0.2) is 0 Å². The van der Waals surface area contributed by atoms with Gasteiger partial charge in [-0.1, -0.05) is 11.8 Å². The largest absolute Gasteiger partial charge is 0.540 e. The van der Waals surface area contributed by atoms with E-state index in [1.54, 1.807) is 0 Å². The summed E-state index contributed by atoms with van der Waals surface area (Å²) in [5.74, 6) is -0.446. The first-order valence-corrected chi connectivity index (χ1v) is 7.78. The molecule has 1 aromatic heterocycles. The Labute approximate surface area is 109 Å². The van der Waals surface area contributed by atoms with Crippen LogP contribution >= 0.6 is 44.8 Å². The van der Waals surface area contributed by atoms with Gasteiger partial charge in [0.1, 0.15) is 23.4 Å². The molecule has 1 aromatic rings. The topological polar surface area (TPSA) is 63.9 Å². The fourth-order valence-electron chi connectivity index (χ4n) is 1.29.